The number of hydrogen-bond acceptors (Lipinski definition) is 6. The lowest BCUT2D eigenvalue weighted by molar-refractivity contribution is -0.142. The molecule has 37 heavy (non-hydrogen) atoms. The number of aliphatic hydroxyl groups excluding tert-OH is 1. The number of amides is 3. The number of likely N-dealkylation sites (N-methyl/N-ethyl adjacent to an activating group) is 1. The molecule has 2 fully saturated rings. The van der Waals surface area contributed by atoms with E-state index in [1.54, 1.807) is 33.5 Å². The molecule has 1 aromatic rings. The van der Waals surface area contributed by atoms with Gasteiger partial charge in [-0.15, -0.1) is 11.8 Å². The molecule has 0 radical (unpaired) electrons. The molecule has 0 saturated carbocycles. The molecular weight excluding hydrogens is 488 g/mol. The summed E-state index contributed by atoms with van der Waals surface area (Å²) in [4.78, 5) is 49.1. The average Bonchev–Trinajstić information content (AvgIpc) is 3.22. The number of anilines is 2. The van der Waals surface area contributed by atoms with Crippen molar-refractivity contribution in [1.29, 1.82) is 0 Å². The van der Waals surface area contributed by atoms with Crippen LogP contribution in [0.1, 0.15) is 20.3 Å². The number of rotatable bonds is 7. The van der Waals surface area contributed by atoms with Gasteiger partial charge >= 0.3 is 0 Å². The van der Waals surface area contributed by atoms with Crippen LogP contribution >= 0.6 is 11.8 Å². The van der Waals surface area contributed by atoms with Gasteiger partial charge in [0.05, 0.1) is 16.6 Å². The zero-order chi connectivity index (χ0) is 26.3. The highest BCUT2D eigenvalue weighted by molar-refractivity contribution is 8.02. The van der Waals surface area contributed by atoms with E-state index in [1.165, 1.54) is 0 Å². The average molecular weight is 525 g/mol. The van der Waals surface area contributed by atoms with Gasteiger partial charge in [0, 0.05) is 63.0 Å². The fourth-order valence-electron chi connectivity index (χ4n) is 6.41. The highest BCUT2D eigenvalue weighted by Crippen LogP contribution is 2.61. The van der Waals surface area contributed by atoms with Crippen molar-refractivity contribution in [2.45, 2.75) is 36.3 Å². The van der Waals surface area contributed by atoms with Gasteiger partial charge in [-0.2, -0.15) is 0 Å². The van der Waals surface area contributed by atoms with E-state index in [0.29, 0.717) is 19.5 Å². The smallest absolute Gasteiger partial charge is 0.251 e. The van der Waals surface area contributed by atoms with Crippen molar-refractivity contribution in [3.8, 4) is 0 Å². The van der Waals surface area contributed by atoms with E-state index < -0.39 is 22.6 Å². The predicted octanol–water partition coefficient (Wildman–Crippen LogP) is 2.14. The van der Waals surface area contributed by atoms with Gasteiger partial charge in [-0.1, -0.05) is 24.3 Å². The van der Waals surface area contributed by atoms with Crippen molar-refractivity contribution in [2.24, 2.45) is 11.8 Å². The number of benzene rings is 1. The molecule has 0 aliphatic carbocycles. The highest BCUT2D eigenvalue weighted by Gasteiger charge is 2.70. The Kier molecular flexibility index (Phi) is 7.11. The molecular formula is C28H36N4O4S. The number of fused-ring (bicyclic) bond motifs is 2. The summed E-state index contributed by atoms with van der Waals surface area (Å²) in [5.41, 5.74) is 1.89. The van der Waals surface area contributed by atoms with Gasteiger partial charge in [-0.05, 0) is 44.5 Å². The van der Waals surface area contributed by atoms with Crippen LogP contribution in [0.25, 0.3) is 0 Å². The summed E-state index contributed by atoms with van der Waals surface area (Å²) in [7, 11) is 1.77. The van der Waals surface area contributed by atoms with Gasteiger partial charge in [0.1, 0.15) is 6.04 Å². The predicted molar refractivity (Wildman–Crippen MR) is 147 cm³/mol. The first-order chi connectivity index (χ1) is 17.9. The number of carbonyl (C=O) groups is 3. The maximum Gasteiger partial charge on any atom is 0.251 e. The minimum Gasteiger partial charge on any atom is -0.396 e. The van der Waals surface area contributed by atoms with Gasteiger partial charge in [0.15, 0.2) is 0 Å². The van der Waals surface area contributed by atoms with Crippen molar-refractivity contribution in [2.75, 3.05) is 56.2 Å². The van der Waals surface area contributed by atoms with Gasteiger partial charge in [-0.3, -0.25) is 14.4 Å². The van der Waals surface area contributed by atoms with Crippen molar-refractivity contribution in [3.05, 3.63) is 48.6 Å². The van der Waals surface area contributed by atoms with Crippen LogP contribution in [0, 0.1) is 11.8 Å². The summed E-state index contributed by atoms with van der Waals surface area (Å²) in [6.45, 7) is 7.16. The number of thioether (sulfide) groups is 1. The zero-order valence-corrected chi connectivity index (χ0v) is 22.6. The molecule has 4 aliphatic rings. The second kappa shape index (κ2) is 10.2. The van der Waals surface area contributed by atoms with E-state index in [0.717, 1.165) is 24.5 Å². The third-order valence-electron chi connectivity index (χ3n) is 8.21. The lowest BCUT2D eigenvalue weighted by atomic mass is 9.78. The second-order valence-electron chi connectivity index (χ2n) is 10.1. The standard InChI is InChI=1S/C28H36N4O4S/c1-4-30(5-2)19-10-12-20(13-11-19)31-16-7-14-28-23(22-21(37-28)9-6-15-29(3)25(22)34)26(35)32(17-8-18-33)24(28)27(31)36/h6-7,9-14,21-24,33H,4-5,8,15-18H2,1-3H3/t21-,22+,23-,24?,28-/m0/s1. The number of hydrogen-bond donors (Lipinski definition) is 1. The molecule has 1 spiro atoms. The first-order valence-electron chi connectivity index (χ1n) is 13.2. The summed E-state index contributed by atoms with van der Waals surface area (Å²) in [5.74, 6) is -1.47. The minimum absolute atomic E-state index is 0.0468. The van der Waals surface area contributed by atoms with E-state index in [2.05, 4.69) is 18.7 Å². The number of likely N-dealkylation sites (tertiary alicyclic amines) is 1. The molecule has 5 atom stereocenters. The third-order valence-corrected chi connectivity index (χ3v) is 9.95. The van der Waals surface area contributed by atoms with E-state index in [1.807, 2.05) is 48.6 Å². The highest BCUT2D eigenvalue weighted by atomic mass is 32.2. The Balaban J connectivity index is 1.54. The largest absolute Gasteiger partial charge is 0.396 e. The first kappa shape index (κ1) is 25.9. The quantitative estimate of drug-likeness (QED) is 0.551. The fraction of sp³-hybridized carbons (Fsp3) is 0.536. The summed E-state index contributed by atoms with van der Waals surface area (Å²) >= 11 is 1.58. The van der Waals surface area contributed by atoms with Crippen LogP contribution in [0.2, 0.25) is 0 Å². The fourth-order valence-corrected chi connectivity index (χ4v) is 8.42. The van der Waals surface area contributed by atoms with Gasteiger partial charge < -0.3 is 24.7 Å². The Labute approximate surface area is 222 Å². The summed E-state index contributed by atoms with van der Waals surface area (Å²) in [6.07, 6.45) is 8.43. The Hall–Kier alpha value is -2.78. The van der Waals surface area contributed by atoms with E-state index >= 15 is 0 Å². The Morgan fingerprint density at radius 3 is 2.43 bits per heavy atom. The van der Waals surface area contributed by atoms with Crippen LogP contribution in [0.4, 0.5) is 11.4 Å². The molecule has 4 heterocycles. The van der Waals surface area contributed by atoms with Gasteiger partial charge in [0.25, 0.3) is 5.91 Å². The first-order valence-corrected chi connectivity index (χ1v) is 14.1. The molecule has 1 N–H and O–H groups in total. The normalized spacial score (nSPS) is 30.8. The minimum atomic E-state index is -0.826. The molecule has 198 valence electrons. The molecule has 8 nitrogen and oxygen atoms in total. The molecule has 2 saturated heterocycles. The van der Waals surface area contributed by atoms with Crippen molar-refractivity contribution < 1.29 is 19.5 Å². The van der Waals surface area contributed by atoms with Gasteiger partial charge in [-0.25, -0.2) is 0 Å². The van der Waals surface area contributed by atoms with E-state index in [4.69, 9.17) is 0 Å². The lowest BCUT2D eigenvalue weighted by Gasteiger charge is -2.35. The maximum absolute atomic E-state index is 14.3. The summed E-state index contributed by atoms with van der Waals surface area (Å²) in [6, 6.07) is 7.27. The van der Waals surface area contributed by atoms with Crippen molar-refractivity contribution in [1.82, 2.24) is 9.80 Å². The monoisotopic (exact) mass is 524 g/mol. The molecule has 5 rings (SSSR count). The molecule has 1 aromatic carbocycles. The van der Waals surface area contributed by atoms with Crippen LogP contribution in [-0.2, 0) is 14.4 Å². The second-order valence-corrected chi connectivity index (χ2v) is 11.6. The third kappa shape index (κ3) is 4.07. The molecule has 3 amide bonds. The Morgan fingerprint density at radius 2 is 1.76 bits per heavy atom. The summed E-state index contributed by atoms with van der Waals surface area (Å²) < 4.78 is -0.826. The van der Waals surface area contributed by atoms with Crippen molar-refractivity contribution in [3.63, 3.8) is 0 Å². The van der Waals surface area contributed by atoms with Crippen molar-refractivity contribution >= 4 is 40.9 Å². The van der Waals surface area contributed by atoms with Crippen LogP contribution in [0.3, 0.4) is 0 Å². The summed E-state index contributed by atoms with van der Waals surface area (Å²) in [5, 5.41) is 9.39. The zero-order valence-electron chi connectivity index (χ0n) is 21.7. The van der Waals surface area contributed by atoms with Crippen LogP contribution in [0.5, 0.6) is 0 Å². The Bertz CT molecular complexity index is 1120. The topological polar surface area (TPSA) is 84.4 Å². The molecule has 0 aromatic heterocycles. The molecule has 4 aliphatic heterocycles. The van der Waals surface area contributed by atoms with Gasteiger partial charge in [0.2, 0.25) is 11.8 Å². The molecule has 1 unspecified atom stereocenters. The van der Waals surface area contributed by atoms with E-state index in [-0.39, 0.29) is 36.1 Å². The molecule has 0 bridgehead atoms. The lowest BCUT2D eigenvalue weighted by Crippen LogP contribution is -2.53. The SMILES string of the molecule is CCN(CC)c1ccc(N2CC=C[C@]34S[C@H]5C=CCN(C)C(=O)[C@H]5[C@H]3C(=O)N(CCCO)C4C2=O)cc1. The maximum atomic E-state index is 14.3. The number of nitrogens with zero attached hydrogens (tertiary/aromatic N) is 4. The van der Waals surface area contributed by atoms with Crippen LogP contribution in [0.15, 0.2) is 48.6 Å². The number of carbonyl (C=O) groups excluding carboxylic acids is 3. The Morgan fingerprint density at radius 1 is 1.03 bits per heavy atom. The molecule has 9 heteroatoms. The number of aliphatic hydroxyl groups is 1. The van der Waals surface area contributed by atoms with E-state index in [9.17, 15) is 19.5 Å². The van der Waals surface area contributed by atoms with Crippen LogP contribution < -0.4 is 9.80 Å². The van der Waals surface area contributed by atoms with Crippen LogP contribution in [-0.4, -0.2) is 95.0 Å².